The first kappa shape index (κ1) is 32.0. The largest absolute Gasteiger partial charge is 0.493 e. The smallest absolute Gasteiger partial charge is 0.419 e. The van der Waals surface area contributed by atoms with Crippen molar-refractivity contribution in [3.05, 3.63) is 71.4 Å². The summed E-state index contributed by atoms with van der Waals surface area (Å²) in [6, 6.07) is 14.5. The minimum absolute atomic E-state index is 0.00937. The topological polar surface area (TPSA) is 91.8 Å². The number of halogens is 3. The Bertz CT molecular complexity index is 1610. The monoisotopic (exact) mass is 635 g/mol. The highest BCUT2D eigenvalue weighted by Gasteiger charge is 2.62. The van der Waals surface area contributed by atoms with Crippen molar-refractivity contribution < 1.29 is 32.6 Å². The van der Waals surface area contributed by atoms with Crippen LogP contribution in [0.2, 0.25) is 0 Å². The van der Waals surface area contributed by atoms with Crippen molar-refractivity contribution in [3.63, 3.8) is 0 Å². The minimum atomic E-state index is -4.63. The zero-order valence-electron chi connectivity index (χ0n) is 26.4. The number of aryl methyl sites for hydroxylation is 1. The van der Waals surface area contributed by atoms with Gasteiger partial charge in [-0.25, -0.2) is 9.78 Å². The van der Waals surface area contributed by atoms with Gasteiger partial charge in [0, 0.05) is 17.7 Å². The van der Waals surface area contributed by atoms with E-state index in [1.807, 2.05) is 50.2 Å². The Kier molecular flexibility index (Phi) is 8.61. The van der Waals surface area contributed by atoms with E-state index >= 15 is 0 Å². The summed E-state index contributed by atoms with van der Waals surface area (Å²) in [4.78, 5) is 33.5. The zero-order chi connectivity index (χ0) is 32.8. The Morgan fingerprint density at radius 1 is 0.978 bits per heavy atom. The average molecular weight is 636 g/mol. The van der Waals surface area contributed by atoms with Gasteiger partial charge in [-0.15, -0.1) is 0 Å². The van der Waals surface area contributed by atoms with Crippen molar-refractivity contribution in [2.75, 3.05) is 27.2 Å². The van der Waals surface area contributed by atoms with Crippen molar-refractivity contribution in [3.8, 4) is 28.1 Å². The molecule has 4 saturated carbocycles. The van der Waals surface area contributed by atoms with Crippen LogP contribution >= 0.6 is 0 Å². The molecule has 1 amide bonds. The quantitative estimate of drug-likeness (QED) is 0.231. The highest BCUT2D eigenvalue weighted by molar-refractivity contribution is 5.98. The summed E-state index contributed by atoms with van der Waals surface area (Å²) in [6.07, 6.45) is 0.177. The van der Waals surface area contributed by atoms with E-state index < -0.39 is 29.2 Å². The van der Waals surface area contributed by atoms with Gasteiger partial charge in [-0.2, -0.15) is 13.2 Å². The fourth-order valence-electron chi connectivity index (χ4n) is 8.27. The highest BCUT2D eigenvalue weighted by atomic mass is 19.4. The molecule has 2 aromatic carbocycles. The Morgan fingerprint density at radius 3 is 2.26 bits per heavy atom. The van der Waals surface area contributed by atoms with Crippen molar-refractivity contribution in [2.45, 2.75) is 57.2 Å². The van der Waals surface area contributed by atoms with E-state index in [1.165, 1.54) is 12.1 Å². The van der Waals surface area contributed by atoms with Crippen LogP contribution in [0.1, 0.15) is 60.1 Å². The van der Waals surface area contributed by atoms with Gasteiger partial charge in [0.05, 0.1) is 17.9 Å². The van der Waals surface area contributed by atoms with Crippen molar-refractivity contribution in [1.82, 2.24) is 15.2 Å². The predicted molar refractivity (Wildman–Crippen MR) is 168 cm³/mol. The van der Waals surface area contributed by atoms with E-state index in [4.69, 9.17) is 9.72 Å². The molecule has 4 aliphatic rings. The van der Waals surface area contributed by atoms with Crippen molar-refractivity contribution >= 4 is 11.9 Å². The number of ether oxygens (including phenoxy) is 1. The summed E-state index contributed by atoms with van der Waals surface area (Å²) in [5, 5.41) is 13.5. The average Bonchev–Trinajstić information content (AvgIpc) is 3.00. The molecule has 10 heteroatoms. The molecule has 4 aliphatic carbocycles. The number of carboxylic acids is 1. The standard InChI is InChI=1S/C36H40F3N3O4/c1-21-7-4-5-8-27(21)28-10-12-30(33(43)41-35(34(44)45)25-16-22-15-23(18-25)19-26(35)17-22)40-32(28)24-9-11-29(36(37,38)39)31(20-24)46-14-6-13-42(2)3/h4-5,7-12,20,22-23,25-26H,6,13-19H2,1-3H3,(H,41,43)(H,44,45). The lowest BCUT2D eigenvalue weighted by Gasteiger charge is -2.59. The van der Waals surface area contributed by atoms with Gasteiger partial charge in [-0.3, -0.25) is 4.79 Å². The molecule has 46 heavy (non-hydrogen) atoms. The molecule has 1 heterocycles. The fourth-order valence-corrected chi connectivity index (χ4v) is 8.27. The van der Waals surface area contributed by atoms with Crippen LogP contribution in [0.5, 0.6) is 5.75 Å². The second-order valence-electron chi connectivity index (χ2n) is 13.6. The molecule has 7 rings (SSSR count). The van der Waals surface area contributed by atoms with Gasteiger partial charge in [0.25, 0.3) is 5.91 Å². The number of carboxylic acid groups (broad SMARTS) is 1. The molecule has 7 nitrogen and oxygen atoms in total. The SMILES string of the molecule is Cc1ccccc1-c1ccc(C(=O)NC2(C(=O)O)C3CC4CC(C3)CC2C4)nc1-c1ccc(C(F)(F)F)c(OCCCN(C)C)c1. The maximum absolute atomic E-state index is 14.0. The summed E-state index contributed by atoms with van der Waals surface area (Å²) >= 11 is 0. The fraction of sp³-hybridized carbons (Fsp3) is 0.472. The molecule has 0 atom stereocenters. The van der Waals surface area contributed by atoms with Gasteiger partial charge < -0.3 is 20.1 Å². The van der Waals surface area contributed by atoms with E-state index in [2.05, 4.69) is 5.32 Å². The number of hydrogen-bond acceptors (Lipinski definition) is 5. The van der Waals surface area contributed by atoms with Crippen LogP contribution in [-0.4, -0.2) is 59.7 Å². The first-order valence-corrected chi connectivity index (χ1v) is 16.0. The number of nitrogens with one attached hydrogen (secondary N) is 1. The van der Waals surface area contributed by atoms with E-state index in [-0.39, 0.29) is 29.9 Å². The number of nitrogens with zero attached hydrogens (tertiary/aromatic N) is 2. The van der Waals surface area contributed by atoms with Crippen LogP contribution in [0.3, 0.4) is 0 Å². The lowest BCUT2D eigenvalue weighted by molar-refractivity contribution is -0.163. The van der Waals surface area contributed by atoms with Gasteiger partial charge in [0.1, 0.15) is 17.0 Å². The summed E-state index contributed by atoms with van der Waals surface area (Å²) in [6.45, 7) is 2.67. The number of aromatic nitrogens is 1. The molecule has 0 saturated heterocycles. The van der Waals surface area contributed by atoms with Crippen LogP contribution < -0.4 is 10.1 Å². The van der Waals surface area contributed by atoms with E-state index in [0.29, 0.717) is 41.6 Å². The Hall–Kier alpha value is -3.92. The minimum Gasteiger partial charge on any atom is -0.493 e. The number of pyridine rings is 1. The van der Waals surface area contributed by atoms with Gasteiger partial charge in [-0.05, 0) is 119 Å². The summed E-state index contributed by atoms with van der Waals surface area (Å²) in [5.74, 6) is -1.19. The Balaban J connectivity index is 1.40. The number of carbonyl (C=O) groups excluding carboxylic acids is 1. The van der Waals surface area contributed by atoms with Crippen molar-refractivity contribution in [1.29, 1.82) is 0 Å². The molecular weight excluding hydrogens is 595 g/mol. The normalized spacial score (nSPS) is 25.1. The third kappa shape index (κ3) is 5.99. The second kappa shape index (κ2) is 12.4. The highest BCUT2D eigenvalue weighted by Crippen LogP contribution is 2.58. The second-order valence-corrected chi connectivity index (χ2v) is 13.6. The lowest BCUT2D eigenvalue weighted by atomic mass is 9.48. The van der Waals surface area contributed by atoms with Gasteiger partial charge in [0.15, 0.2) is 0 Å². The van der Waals surface area contributed by atoms with E-state index in [1.54, 1.807) is 12.1 Å². The zero-order valence-corrected chi connectivity index (χ0v) is 26.4. The molecule has 0 radical (unpaired) electrons. The molecule has 3 aromatic rings. The van der Waals surface area contributed by atoms with E-state index in [9.17, 15) is 27.9 Å². The number of aliphatic carboxylic acids is 1. The molecule has 4 bridgehead atoms. The molecule has 1 aromatic heterocycles. The Morgan fingerprint density at radius 2 is 1.65 bits per heavy atom. The number of benzene rings is 2. The number of rotatable bonds is 10. The maximum atomic E-state index is 14.0. The molecule has 0 unspecified atom stereocenters. The molecule has 2 N–H and O–H groups in total. The molecule has 0 spiro atoms. The van der Waals surface area contributed by atoms with E-state index in [0.717, 1.165) is 49.3 Å². The third-order valence-corrected chi connectivity index (χ3v) is 10.2. The molecule has 0 aliphatic heterocycles. The number of hydrogen-bond donors (Lipinski definition) is 2. The molecule has 4 fully saturated rings. The Labute approximate surface area is 267 Å². The predicted octanol–water partition coefficient (Wildman–Crippen LogP) is 7.08. The summed E-state index contributed by atoms with van der Waals surface area (Å²) in [7, 11) is 3.76. The number of amides is 1. The maximum Gasteiger partial charge on any atom is 0.419 e. The van der Waals surface area contributed by atoms with Gasteiger partial charge in [0.2, 0.25) is 0 Å². The molecular formula is C36H40F3N3O4. The summed E-state index contributed by atoms with van der Waals surface area (Å²) < 4.78 is 47.8. The summed E-state index contributed by atoms with van der Waals surface area (Å²) in [5.41, 5.74) is 0.794. The first-order chi connectivity index (χ1) is 21.9. The lowest BCUT2D eigenvalue weighted by Crippen LogP contribution is -2.70. The van der Waals surface area contributed by atoms with Crippen LogP contribution in [-0.2, 0) is 11.0 Å². The van der Waals surface area contributed by atoms with Gasteiger partial charge >= 0.3 is 12.1 Å². The number of alkyl halides is 3. The van der Waals surface area contributed by atoms with Crippen LogP contribution in [0, 0.1) is 30.6 Å². The first-order valence-electron chi connectivity index (χ1n) is 16.0. The van der Waals surface area contributed by atoms with Crippen LogP contribution in [0.15, 0.2) is 54.6 Å². The molecule has 244 valence electrons. The van der Waals surface area contributed by atoms with Crippen LogP contribution in [0.4, 0.5) is 13.2 Å². The number of carbonyl (C=O) groups is 2. The van der Waals surface area contributed by atoms with Gasteiger partial charge in [-0.1, -0.05) is 30.3 Å². The van der Waals surface area contributed by atoms with Crippen LogP contribution in [0.25, 0.3) is 22.4 Å². The van der Waals surface area contributed by atoms with Crippen molar-refractivity contribution in [2.24, 2.45) is 23.7 Å². The third-order valence-electron chi connectivity index (χ3n) is 10.2.